The molecule has 0 aromatic rings. The Morgan fingerprint density at radius 2 is 2.06 bits per heavy atom. The van der Waals surface area contributed by atoms with E-state index in [2.05, 4.69) is 10.6 Å². The number of aliphatic carboxylic acids is 1. The Balaban J connectivity index is 2.22. The lowest BCUT2D eigenvalue weighted by atomic mass is 9.88. The quantitative estimate of drug-likeness (QED) is 0.599. The summed E-state index contributed by atoms with van der Waals surface area (Å²) in [6.07, 6.45) is -5.06. The molecule has 16 heavy (non-hydrogen) atoms. The molecule has 1 heterocycles. The summed E-state index contributed by atoms with van der Waals surface area (Å²) in [7, 11) is 0. The van der Waals surface area contributed by atoms with Crippen molar-refractivity contribution in [3.8, 4) is 0 Å². The van der Waals surface area contributed by atoms with Gasteiger partial charge in [-0.25, -0.2) is 0 Å². The molecule has 0 bridgehead atoms. The molecule has 94 valence electrons. The first-order chi connectivity index (χ1) is 7.33. The second kappa shape index (κ2) is 5.01. The van der Waals surface area contributed by atoms with Crippen LogP contribution in [0.4, 0.5) is 13.2 Å². The molecule has 0 aliphatic carbocycles. The van der Waals surface area contributed by atoms with E-state index in [-0.39, 0.29) is 19.4 Å². The van der Waals surface area contributed by atoms with Gasteiger partial charge in [0.15, 0.2) is 0 Å². The zero-order chi connectivity index (χ0) is 12.2. The maximum Gasteiger partial charge on any atom is 0.389 e. The Bertz CT molecular complexity index is 252. The largest absolute Gasteiger partial charge is 0.481 e. The van der Waals surface area contributed by atoms with Gasteiger partial charge in [-0.15, -0.1) is 0 Å². The monoisotopic (exact) mass is 240 g/mol. The normalized spacial score (nSPS) is 19.2. The first-order valence-electron chi connectivity index (χ1n) is 5.07. The molecule has 0 unspecified atom stereocenters. The van der Waals surface area contributed by atoms with Gasteiger partial charge in [0, 0.05) is 19.5 Å². The minimum absolute atomic E-state index is 0.0229. The third kappa shape index (κ3) is 4.36. The number of hydrogen-bond donors (Lipinski definition) is 3. The van der Waals surface area contributed by atoms with Crippen LogP contribution in [-0.2, 0) is 4.79 Å². The van der Waals surface area contributed by atoms with E-state index in [4.69, 9.17) is 5.11 Å². The molecular formula is C9H15F3N2O2. The molecular weight excluding hydrogens is 225 g/mol. The molecule has 1 fully saturated rings. The van der Waals surface area contributed by atoms with E-state index in [0.29, 0.717) is 13.1 Å². The predicted octanol–water partition coefficient (Wildman–Crippen LogP) is 0.735. The van der Waals surface area contributed by atoms with Gasteiger partial charge in [-0.05, 0) is 13.0 Å². The van der Waals surface area contributed by atoms with Crippen molar-refractivity contribution in [3.05, 3.63) is 0 Å². The van der Waals surface area contributed by atoms with E-state index < -0.39 is 24.1 Å². The van der Waals surface area contributed by atoms with Crippen molar-refractivity contribution in [3.63, 3.8) is 0 Å². The second-order valence-electron chi connectivity index (χ2n) is 4.10. The molecule has 0 amide bonds. The van der Waals surface area contributed by atoms with Crippen molar-refractivity contribution in [1.29, 1.82) is 0 Å². The first-order valence-corrected chi connectivity index (χ1v) is 5.07. The highest BCUT2D eigenvalue weighted by molar-refractivity contribution is 5.68. The summed E-state index contributed by atoms with van der Waals surface area (Å²) in [5.74, 6) is -0.940. The number of carbonyl (C=O) groups is 1. The molecule has 0 radical (unpaired) electrons. The van der Waals surface area contributed by atoms with Crippen LogP contribution < -0.4 is 10.6 Å². The fourth-order valence-electron chi connectivity index (χ4n) is 1.67. The van der Waals surface area contributed by atoms with E-state index in [0.717, 1.165) is 0 Å². The number of alkyl halides is 3. The minimum Gasteiger partial charge on any atom is -0.481 e. The van der Waals surface area contributed by atoms with Crippen LogP contribution in [-0.4, -0.2) is 42.4 Å². The summed E-state index contributed by atoms with van der Waals surface area (Å²) in [6, 6.07) is 0. The highest BCUT2D eigenvalue weighted by Gasteiger charge is 2.38. The lowest BCUT2D eigenvalue weighted by Gasteiger charge is -2.42. The fourth-order valence-corrected chi connectivity index (χ4v) is 1.67. The van der Waals surface area contributed by atoms with Crippen LogP contribution in [0.3, 0.4) is 0 Å². The van der Waals surface area contributed by atoms with Crippen LogP contribution >= 0.6 is 0 Å². The molecule has 1 rings (SSSR count). The maximum absolute atomic E-state index is 11.8. The van der Waals surface area contributed by atoms with Gasteiger partial charge in [-0.2, -0.15) is 13.2 Å². The molecule has 0 aromatic heterocycles. The van der Waals surface area contributed by atoms with Gasteiger partial charge < -0.3 is 15.7 Å². The van der Waals surface area contributed by atoms with Crippen molar-refractivity contribution < 1.29 is 23.1 Å². The standard InChI is InChI=1S/C9H15F3N2O2/c10-9(11,12)2-1-3-14-8(4-7(15)16)5-13-6-8/h13-14H,1-6H2,(H,15,16). The SMILES string of the molecule is O=C(O)CC1(NCCCC(F)(F)F)CNC1. The maximum atomic E-state index is 11.8. The van der Waals surface area contributed by atoms with Gasteiger partial charge in [0.25, 0.3) is 0 Å². The van der Waals surface area contributed by atoms with Crippen LogP contribution in [0.25, 0.3) is 0 Å². The third-order valence-corrected chi connectivity index (χ3v) is 2.55. The molecule has 7 heteroatoms. The van der Waals surface area contributed by atoms with Crippen molar-refractivity contribution in [2.75, 3.05) is 19.6 Å². The summed E-state index contributed by atoms with van der Waals surface area (Å²) in [5, 5.41) is 14.5. The van der Waals surface area contributed by atoms with Crippen molar-refractivity contribution in [2.45, 2.75) is 31.0 Å². The second-order valence-corrected chi connectivity index (χ2v) is 4.10. The zero-order valence-corrected chi connectivity index (χ0v) is 8.73. The molecule has 0 atom stereocenters. The van der Waals surface area contributed by atoms with E-state index >= 15 is 0 Å². The van der Waals surface area contributed by atoms with Crippen LogP contribution in [0.2, 0.25) is 0 Å². The Morgan fingerprint density at radius 3 is 2.44 bits per heavy atom. The third-order valence-electron chi connectivity index (χ3n) is 2.55. The Hall–Kier alpha value is -0.820. The van der Waals surface area contributed by atoms with Crippen molar-refractivity contribution in [1.82, 2.24) is 10.6 Å². The van der Waals surface area contributed by atoms with E-state index in [1.807, 2.05) is 0 Å². The topological polar surface area (TPSA) is 61.4 Å². The van der Waals surface area contributed by atoms with Gasteiger partial charge in [-0.1, -0.05) is 0 Å². The van der Waals surface area contributed by atoms with Gasteiger partial charge in [-0.3, -0.25) is 4.79 Å². The highest BCUT2D eigenvalue weighted by atomic mass is 19.4. The first kappa shape index (κ1) is 13.2. The van der Waals surface area contributed by atoms with Crippen molar-refractivity contribution in [2.24, 2.45) is 0 Å². The lowest BCUT2D eigenvalue weighted by molar-refractivity contribution is -0.140. The molecule has 4 nitrogen and oxygen atoms in total. The molecule has 1 saturated heterocycles. The average molecular weight is 240 g/mol. The van der Waals surface area contributed by atoms with Crippen LogP contribution in [0, 0.1) is 0 Å². The smallest absolute Gasteiger partial charge is 0.389 e. The zero-order valence-electron chi connectivity index (χ0n) is 8.73. The Morgan fingerprint density at radius 1 is 1.44 bits per heavy atom. The molecule has 3 N–H and O–H groups in total. The summed E-state index contributed by atoms with van der Waals surface area (Å²) >= 11 is 0. The average Bonchev–Trinajstić information content (AvgIpc) is 2.05. The Kier molecular flexibility index (Phi) is 4.15. The van der Waals surface area contributed by atoms with Gasteiger partial charge in [0.2, 0.25) is 0 Å². The number of halogens is 3. The van der Waals surface area contributed by atoms with Gasteiger partial charge in [0.05, 0.1) is 12.0 Å². The molecule has 1 aliphatic rings. The molecule has 0 saturated carbocycles. The van der Waals surface area contributed by atoms with Crippen LogP contribution in [0.1, 0.15) is 19.3 Å². The summed E-state index contributed by atoms with van der Waals surface area (Å²) < 4.78 is 35.5. The van der Waals surface area contributed by atoms with Crippen molar-refractivity contribution >= 4 is 5.97 Å². The van der Waals surface area contributed by atoms with Crippen LogP contribution in [0.15, 0.2) is 0 Å². The van der Waals surface area contributed by atoms with Gasteiger partial charge >= 0.3 is 12.1 Å². The van der Waals surface area contributed by atoms with E-state index in [9.17, 15) is 18.0 Å². The fraction of sp³-hybridized carbons (Fsp3) is 0.889. The molecule has 0 aromatic carbocycles. The highest BCUT2D eigenvalue weighted by Crippen LogP contribution is 2.21. The number of rotatable bonds is 6. The number of carboxylic acid groups (broad SMARTS) is 1. The lowest BCUT2D eigenvalue weighted by Crippen LogP contribution is -2.68. The van der Waals surface area contributed by atoms with Crippen LogP contribution in [0.5, 0.6) is 0 Å². The van der Waals surface area contributed by atoms with E-state index in [1.165, 1.54) is 0 Å². The number of carboxylic acids is 1. The van der Waals surface area contributed by atoms with E-state index in [1.54, 1.807) is 0 Å². The summed E-state index contributed by atoms with van der Waals surface area (Å²) in [4.78, 5) is 10.6. The number of hydrogen-bond acceptors (Lipinski definition) is 3. The predicted molar refractivity (Wildman–Crippen MR) is 51.1 cm³/mol. The minimum atomic E-state index is -4.14. The summed E-state index contributed by atoms with van der Waals surface area (Å²) in [6.45, 7) is 1.17. The number of nitrogens with one attached hydrogen (secondary N) is 2. The summed E-state index contributed by atoms with van der Waals surface area (Å²) in [5.41, 5.74) is -0.558. The molecule has 1 aliphatic heterocycles. The Labute approximate surface area is 91.2 Å². The van der Waals surface area contributed by atoms with Gasteiger partial charge in [0.1, 0.15) is 0 Å². The molecule has 0 spiro atoms.